The van der Waals surface area contributed by atoms with E-state index in [0.717, 1.165) is 11.2 Å². The number of thioether (sulfide) groups is 1. The second-order valence-corrected chi connectivity index (χ2v) is 10.0. The summed E-state index contributed by atoms with van der Waals surface area (Å²) >= 11 is 1.39. The number of H-pyrrole nitrogens is 1. The first-order valence-electron chi connectivity index (χ1n) is 12.1. The molecular formula is C29H29N5OS. The van der Waals surface area contributed by atoms with Crippen LogP contribution in [0, 0.1) is 0 Å². The SMILES string of the molecule is CC(C)c1ccc(-n2cnnc2SCC(=O)NCC(c2ccccc2)c2c[nH]c3ccccc23)cc1. The first kappa shape index (κ1) is 23.9. The van der Waals surface area contributed by atoms with Crippen molar-refractivity contribution < 1.29 is 4.79 Å². The van der Waals surface area contributed by atoms with Crippen molar-refractivity contribution in [1.82, 2.24) is 25.1 Å². The van der Waals surface area contributed by atoms with Crippen LogP contribution in [0.1, 0.15) is 42.4 Å². The number of para-hydroxylation sites is 1. The highest BCUT2D eigenvalue weighted by Gasteiger charge is 2.19. The normalized spacial score (nSPS) is 12.2. The lowest BCUT2D eigenvalue weighted by Crippen LogP contribution is -2.30. The van der Waals surface area contributed by atoms with Gasteiger partial charge in [0.2, 0.25) is 5.91 Å². The predicted octanol–water partition coefficient (Wildman–Crippen LogP) is 5.91. The highest BCUT2D eigenvalue weighted by Crippen LogP contribution is 2.30. The van der Waals surface area contributed by atoms with Crippen LogP contribution in [-0.2, 0) is 4.79 Å². The lowest BCUT2D eigenvalue weighted by atomic mass is 9.91. The maximum atomic E-state index is 12.9. The molecule has 0 aliphatic heterocycles. The van der Waals surface area contributed by atoms with Gasteiger partial charge in [0, 0.05) is 35.2 Å². The van der Waals surface area contributed by atoms with Crippen molar-refractivity contribution in [3.63, 3.8) is 0 Å². The summed E-state index contributed by atoms with van der Waals surface area (Å²) in [5.41, 5.74) is 5.70. The molecule has 6 nitrogen and oxygen atoms in total. The molecule has 0 radical (unpaired) electrons. The van der Waals surface area contributed by atoms with E-state index in [-0.39, 0.29) is 17.6 Å². The van der Waals surface area contributed by atoms with E-state index in [2.05, 4.69) is 89.1 Å². The van der Waals surface area contributed by atoms with Crippen molar-refractivity contribution in [2.45, 2.75) is 30.8 Å². The van der Waals surface area contributed by atoms with Gasteiger partial charge >= 0.3 is 0 Å². The Morgan fingerprint density at radius 3 is 2.50 bits per heavy atom. The number of hydrogen-bond donors (Lipinski definition) is 2. The molecule has 5 rings (SSSR count). The maximum absolute atomic E-state index is 12.9. The van der Waals surface area contributed by atoms with Crippen LogP contribution in [-0.4, -0.2) is 38.0 Å². The average Bonchev–Trinajstić information content (AvgIpc) is 3.56. The summed E-state index contributed by atoms with van der Waals surface area (Å²) in [5.74, 6) is 0.740. The molecule has 0 saturated carbocycles. The van der Waals surface area contributed by atoms with Crippen molar-refractivity contribution in [3.8, 4) is 5.69 Å². The van der Waals surface area contributed by atoms with Gasteiger partial charge in [0.1, 0.15) is 6.33 Å². The fourth-order valence-electron chi connectivity index (χ4n) is 4.39. The zero-order valence-corrected chi connectivity index (χ0v) is 21.2. The molecule has 2 aromatic heterocycles. The second-order valence-electron chi connectivity index (χ2n) is 9.08. The number of amides is 1. The van der Waals surface area contributed by atoms with Crippen molar-refractivity contribution in [2.75, 3.05) is 12.3 Å². The third kappa shape index (κ3) is 5.21. The van der Waals surface area contributed by atoms with Gasteiger partial charge in [-0.1, -0.05) is 86.3 Å². The van der Waals surface area contributed by atoms with E-state index in [4.69, 9.17) is 0 Å². The number of nitrogens with one attached hydrogen (secondary N) is 2. The Bertz CT molecular complexity index is 1440. The third-order valence-corrected chi connectivity index (χ3v) is 7.33. The summed E-state index contributed by atoms with van der Waals surface area (Å²) in [6.07, 6.45) is 3.74. The molecule has 182 valence electrons. The van der Waals surface area contributed by atoms with Crippen LogP contribution in [0.2, 0.25) is 0 Å². The zero-order valence-electron chi connectivity index (χ0n) is 20.4. The van der Waals surface area contributed by atoms with E-state index in [9.17, 15) is 4.79 Å². The molecule has 36 heavy (non-hydrogen) atoms. The highest BCUT2D eigenvalue weighted by atomic mass is 32.2. The molecule has 0 saturated heterocycles. The number of nitrogens with zero attached hydrogens (tertiary/aromatic N) is 3. The molecule has 0 fully saturated rings. The highest BCUT2D eigenvalue weighted by molar-refractivity contribution is 7.99. The summed E-state index contributed by atoms with van der Waals surface area (Å²) in [6.45, 7) is 4.86. The van der Waals surface area contributed by atoms with Gasteiger partial charge in [-0.15, -0.1) is 10.2 Å². The Balaban J connectivity index is 1.26. The fourth-order valence-corrected chi connectivity index (χ4v) is 5.15. The molecule has 1 unspecified atom stereocenters. The van der Waals surface area contributed by atoms with Gasteiger partial charge in [-0.25, -0.2) is 0 Å². The number of aromatic amines is 1. The van der Waals surface area contributed by atoms with Gasteiger partial charge in [0.15, 0.2) is 5.16 Å². The molecule has 0 aliphatic rings. The summed E-state index contributed by atoms with van der Waals surface area (Å²) in [5, 5.41) is 13.3. The van der Waals surface area contributed by atoms with Crippen LogP contribution in [0.15, 0.2) is 96.5 Å². The lowest BCUT2D eigenvalue weighted by molar-refractivity contribution is -0.118. The molecule has 0 spiro atoms. The first-order chi connectivity index (χ1) is 17.6. The van der Waals surface area contributed by atoms with Crippen molar-refractivity contribution in [2.24, 2.45) is 0 Å². The van der Waals surface area contributed by atoms with Gasteiger partial charge in [-0.2, -0.15) is 0 Å². The van der Waals surface area contributed by atoms with E-state index in [1.807, 2.05) is 34.9 Å². The van der Waals surface area contributed by atoms with Gasteiger partial charge in [0.25, 0.3) is 0 Å². The minimum atomic E-state index is -0.0366. The van der Waals surface area contributed by atoms with E-state index >= 15 is 0 Å². The lowest BCUT2D eigenvalue weighted by Gasteiger charge is -2.18. The zero-order chi connectivity index (χ0) is 24.9. The Morgan fingerprint density at radius 1 is 0.972 bits per heavy atom. The number of carbonyl (C=O) groups excluding carboxylic acids is 1. The maximum Gasteiger partial charge on any atom is 0.230 e. The first-order valence-corrected chi connectivity index (χ1v) is 13.1. The summed E-state index contributed by atoms with van der Waals surface area (Å²) in [4.78, 5) is 16.2. The van der Waals surface area contributed by atoms with Gasteiger partial charge < -0.3 is 10.3 Å². The Labute approximate surface area is 215 Å². The van der Waals surface area contributed by atoms with E-state index in [1.54, 1.807) is 6.33 Å². The van der Waals surface area contributed by atoms with Crippen LogP contribution < -0.4 is 5.32 Å². The smallest absolute Gasteiger partial charge is 0.230 e. The number of rotatable bonds is 9. The van der Waals surface area contributed by atoms with E-state index < -0.39 is 0 Å². The average molecular weight is 496 g/mol. The number of aromatic nitrogens is 4. The van der Waals surface area contributed by atoms with Crippen molar-refractivity contribution >= 4 is 28.6 Å². The molecule has 5 aromatic rings. The minimum Gasteiger partial charge on any atom is -0.361 e. The van der Waals surface area contributed by atoms with Gasteiger partial charge in [0.05, 0.1) is 5.75 Å². The van der Waals surface area contributed by atoms with Crippen LogP contribution >= 0.6 is 11.8 Å². The van der Waals surface area contributed by atoms with E-state index in [0.29, 0.717) is 17.6 Å². The quantitative estimate of drug-likeness (QED) is 0.249. The Kier molecular flexibility index (Phi) is 7.18. The largest absolute Gasteiger partial charge is 0.361 e. The molecule has 2 heterocycles. The molecule has 0 bridgehead atoms. The molecule has 1 amide bonds. The van der Waals surface area contributed by atoms with Crippen molar-refractivity contribution in [1.29, 1.82) is 0 Å². The van der Waals surface area contributed by atoms with Crippen molar-refractivity contribution in [3.05, 3.63) is 108 Å². The summed E-state index contributed by atoms with van der Waals surface area (Å²) in [6, 6.07) is 26.9. The number of hydrogen-bond acceptors (Lipinski definition) is 4. The minimum absolute atomic E-state index is 0.0366. The second kappa shape index (κ2) is 10.8. The van der Waals surface area contributed by atoms with Crippen LogP contribution in [0.5, 0.6) is 0 Å². The van der Waals surface area contributed by atoms with Crippen LogP contribution in [0.3, 0.4) is 0 Å². The molecular weight excluding hydrogens is 466 g/mol. The fraction of sp³-hybridized carbons (Fsp3) is 0.207. The molecule has 2 N–H and O–H groups in total. The monoisotopic (exact) mass is 495 g/mol. The van der Waals surface area contributed by atoms with Gasteiger partial charge in [-0.3, -0.25) is 9.36 Å². The summed E-state index contributed by atoms with van der Waals surface area (Å²) < 4.78 is 1.92. The number of benzene rings is 3. The molecule has 0 aliphatic carbocycles. The Morgan fingerprint density at radius 2 is 1.72 bits per heavy atom. The Hall–Kier alpha value is -3.84. The number of fused-ring (bicyclic) bond motifs is 1. The molecule has 3 aromatic carbocycles. The number of carbonyl (C=O) groups is 1. The summed E-state index contributed by atoms with van der Waals surface area (Å²) in [7, 11) is 0. The topological polar surface area (TPSA) is 75.6 Å². The predicted molar refractivity (Wildman–Crippen MR) is 146 cm³/mol. The standard InChI is InChI=1S/C29H29N5OS/c1-20(2)21-12-14-23(15-13-21)34-19-32-33-29(34)36-18-28(35)31-16-25(22-8-4-3-5-9-22)26-17-30-27-11-7-6-10-24(26)27/h3-15,17,19-20,25,30H,16,18H2,1-2H3,(H,31,35). The molecule has 1 atom stereocenters. The molecule has 7 heteroatoms. The van der Waals surface area contributed by atoms with Crippen LogP contribution in [0.4, 0.5) is 0 Å². The third-order valence-electron chi connectivity index (χ3n) is 6.39. The van der Waals surface area contributed by atoms with Crippen LogP contribution in [0.25, 0.3) is 16.6 Å². The van der Waals surface area contributed by atoms with Gasteiger partial charge in [-0.05, 0) is 40.8 Å². The van der Waals surface area contributed by atoms with E-state index in [1.165, 1.54) is 33.8 Å².